The van der Waals surface area contributed by atoms with E-state index >= 15 is 0 Å². The Morgan fingerprint density at radius 2 is 1.95 bits per heavy atom. The first-order valence-electron chi connectivity index (χ1n) is 13.5. The number of amides is 2. The van der Waals surface area contributed by atoms with E-state index in [1.54, 1.807) is 6.20 Å². The molecular weight excluding hydrogens is 482 g/mol. The summed E-state index contributed by atoms with van der Waals surface area (Å²) in [6, 6.07) is 10.8. The fourth-order valence-corrected chi connectivity index (χ4v) is 5.34. The fraction of sp³-hybridized carbons (Fsp3) is 0.552. The summed E-state index contributed by atoms with van der Waals surface area (Å²) < 4.78 is 0. The number of nitrogens with one attached hydrogen (secondary N) is 2. The normalized spacial score (nSPS) is 23.0. The predicted molar refractivity (Wildman–Crippen MR) is 145 cm³/mol. The van der Waals surface area contributed by atoms with Crippen molar-refractivity contribution >= 4 is 11.8 Å². The summed E-state index contributed by atoms with van der Waals surface area (Å²) in [5, 5.41) is 27.3. The van der Waals surface area contributed by atoms with Crippen LogP contribution in [0.25, 0.3) is 0 Å². The Kier molecular flexibility index (Phi) is 9.15. The minimum Gasteiger partial charge on any atom is -0.392 e. The molecule has 1 fully saturated rings. The van der Waals surface area contributed by atoms with Gasteiger partial charge in [-0.15, -0.1) is 0 Å². The van der Waals surface area contributed by atoms with E-state index in [2.05, 4.69) is 20.5 Å². The highest BCUT2D eigenvalue weighted by atomic mass is 16.3. The molecule has 1 aliphatic carbocycles. The number of carbonyl (C=O) groups excluding carboxylic acids is 2. The van der Waals surface area contributed by atoms with E-state index in [-0.39, 0.29) is 30.2 Å². The third kappa shape index (κ3) is 7.60. The Hall–Kier alpha value is -2.85. The summed E-state index contributed by atoms with van der Waals surface area (Å²) in [4.78, 5) is 34.4. The van der Waals surface area contributed by atoms with Crippen molar-refractivity contribution in [3.8, 4) is 0 Å². The number of aliphatic hydroxyl groups excluding tert-OH is 2. The maximum atomic E-state index is 13.2. The minimum absolute atomic E-state index is 0.0628. The molecule has 9 heteroatoms. The number of hydrogen-bond donors (Lipinski definition) is 4. The first-order valence-corrected chi connectivity index (χ1v) is 13.5. The molecule has 4 N–H and O–H groups in total. The van der Waals surface area contributed by atoms with Crippen LogP contribution in [0.15, 0.2) is 48.8 Å². The first-order chi connectivity index (χ1) is 18.1. The molecule has 1 aliphatic heterocycles. The first kappa shape index (κ1) is 28.2. The summed E-state index contributed by atoms with van der Waals surface area (Å²) in [5.41, 5.74) is 2.73. The molecule has 2 aliphatic rings. The SMILES string of the molecule is CC(C)(C)NC(=O)[C@@H]1CN(Cc2cccnc2)CCN1C[C@@H](O)CCC(=O)N[C@H]1c2ccccc2C[C@H]1O. The van der Waals surface area contributed by atoms with Crippen LogP contribution in [-0.2, 0) is 22.6 Å². The summed E-state index contributed by atoms with van der Waals surface area (Å²) >= 11 is 0. The maximum absolute atomic E-state index is 13.2. The van der Waals surface area contributed by atoms with Gasteiger partial charge in [0.2, 0.25) is 11.8 Å². The van der Waals surface area contributed by atoms with Crippen LogP contribution in [0.4, 0.5) is 0 Å². The van der Waals surface area contributed by atoms with Crippen LogP contribution < -0.4 is 10.6 Å². The topological polar surface area (TPSA) is 118 Å². The second-order valence-electron chi connectivity index (χ2n) is 11.6. The van der Waals surface area contributed by atoms with Crippen molar-refractivity contribution in [2.75, 3.05) is 26.2 Å². The summed E-state index contributed by atoms with van der Waals surface area (Å²) in [6.45, 7) is 8.83. The highest BCUT2D eigenvalue weighted by Gasteiger charge is 2.35. The average molecular weight is 524 g/mol. The van der Waals surface area contributed by atoms with Crippen molar-refractivity contribution in [1.29, 1.82) is 0 Å². The van der Waals surface area contributed by atoms with Crippen LogP contribution in [0.3, 0.4) is 0 Å². The number of piperazine rings is 1. The molecule has 2 amide bonds. The fourth-order valence-electron chi connectivity index (χ4n) is 5.34. The lowest BCUT2D eigenvalue weighted by Crippen LogP contribution is -2.61. The van der Waals surface area contributed by atoms with Crippen molar-refractivity contribution in [3.63, 3.8) is 0 Å². The van der Waals surface area contributed by atoms with Gasteiger partial charge >= 0.3 is 0 Å². The molecule has 1 saturated heterocycles. The number of benzene rings is 1. The standard InChI is InChI=1S/C29H41N5O4/c1-29(2,3)32-28(38)24-19-33(17-20-7-6-12-30-16-20)13-14-34(24)18-22(35)10-11-26(37)31-27-23-9-5-4-8-21(23)15-25(27)36/h4-9,12,16,22,24-25,27,35-36H,10-11,13-15,17-19H2,1-3H3,(H,31,37)(H,32,38)/t22-,24-,25+,27-/m0/s1. The molecule has 0 spiro atoms. The van der Waals surface area contributed by atoms with E-state index in [1.807, 2.05) is 68.3 Å². The summed E-state index contributed by atoms with van der Waals surface area (Å²) in [5.74, 6) is -0.264. The van der Waals surface area contributed by atoms with Gasteiger partial charge in [-0.3, -0.25) is 24.4 Å². The molecule has 0 saturated carbocycles. The Bertz CT molecular complexity index is 1090. The van der Waals surface area contributed by atoms with E-state index in [0.29, 0.717) is 32.6 Å². The number of rotatable bonds is 9. The van der Waals surface area contributed by atoms with E-state index in [4.69, 9.17) is 0 Å². The Morgan fingerprint density at radius 3 is 2.68 bits per heavy atom. The van der Waals surface area contributed by atoms with Crippen molar-refractivity contribution < 1.29 is 19.8 Å². The summed E-state index contributed by atoms with van der Waals surface area (Å²) in [6.07, 6.45) is 3.13. The largest absolute Gasteiger partial charge is 0.392 e. The zero-order chi connectivity index (χ0) is 27.3. The minimum atomic E-state index is -0.753. The predicted octanol–water partition coefficient (Wildman–Crippen LogP) is 1.40. The molecule has 1 aromatic heterocycles. The second kappa shape index (κ2) is 12.3. The molecule has 0 unspecified atom stereocenters. The Morgan fingerprint density at radius 1 is 1.16 bits per heavy atom. The highest BCUT2D eigenvalue weighted by molar-refractivity contribution is 5.82. The highest BCUT2D eigenvalue weighted by Crippen LogP contribution is 2.31. The van der Waals surface area contributed by atoms with Crippen LogP contribution in [0, 0.1) is 0 Å². The molecule has 2 aromatic rings. The van der Waals surface area contributed by atoms with Crippen molar-refractivity contribution in [1.82, 2.24) is 25.4 Å². The van der Waals surface area contributed by atoms with Gasteiger partial charge in [0, 0.05) is 63.5 Å². The molecule has 0 radical (unpaired) electrons. The van der Waals surface area contributed by atoms with Gasteiger partial charge in [-0.2, -0.15) is 0 Å². The van der Waals surface area contributed by atoms with Gasteiger partial charge in [0.15, 0.2) is 0 Å². The van der Waals surface area contributed by atoms with Gasteiger partial charge < -0.3 is 20.8 Å². The van der Waals surface area contributed by atoms with Gasteiger partial charge in [0.25, 0.3) is 0 Å². The molecular formula is C29H41N5O4. The lowest BCUT2D eigenvalue weighted by molar-refractivity contribution is -0.131. The molecule has 4 atom stereocenters. The van der Waals surface area contributed by atoms with Crippen LogP contribution in [-0.4, -0.2) is 86.8 Å². The molecule has 4 rings (SSSR count). The van der Waals surface area contributed by atoms with E-state index in [9.17, 15) is 19.8 Å². The van der Waals surface area contributed by atoms with Gasteiger partial charge in [0.1, 0.15) is 6.04 Å². The average Bonchev–Trinajstić information content (AvgIpc) is 3.18. The monoisotopic (exact) mass is 523 g/mol. The number of nitrogens with zero attached hydrogens (tertiary/aromatic N) is 3. The van der Waals surface area contributed by atoms with Crippen molar-refractivity contribution in [2.45, 2.75) is 76.4 Å². The van der Waals surface area contributed by atoms with Crippen molar-refractivity contribution in [3.05, 3.63) is 65.5 Å². The van der Waals surface area contributed by atoms with Gasteiger partial charge in [0.05, 0.1) is 18.2 Å². The van der Waals surface area contributed by atoms with Crippen LogP contribution in [0.2, 0.25) is 0 Å². The Balaban J connectivity index is 1.31. The zero-order valence-electron chi connectivity index (χ0n) is 22.6. The molecule has 206 valence electrons. The smallest absolute Gasteiger partial charge is 0.239 e. The van der Waals surface area contributed by atoms with Gasteiger partial charge in [-0.25, -0.2) is 0 Å². The van der Waals surface area contributed by atoms with E-state index in [0.717, 1.165) is 23.2 Å². The lowest BCUT2D eigenvalue weighted by atomic mass is 10.0. The number of pyridine rings is 1. The third-order valence-corrected chi connectivity index (χ3v) is 7.18. The molecule has 1 aromatic carbocycles. The summed E-state index contributed by atoms with van der Waals surface area (Å²) in [7, 11) is 0. The molecule has 2 heterocycles. The van der Waals surface area contributed by atoms with Crippen LogP contribution in [0.5, 0.6) is 0 Å². The number of aromatic nitrogens is 1. The number of hydrogen-bond acceptors (Lipinski definition) is 7. The number of fused-ring (bicyclic) bond motifs is 1. The second-order valence-corrected chi connectivity index (χ2v) is 11.6. The quantitative estimate of drug-likeness (QED) is 0.392. The van der Waals surface area contributed by atoms with E-state index < -0.39 is 24.3 Å². The Labute approximate surface area is 225 Å². The maximum Gasteiger partial charge on any atom is 0.239 e. The van der Waals surface area contributed by atoms with Gasteiger partial charge in [-0.05, 0) is 49.9 Å². The number of aliphatic hydroxyl groups is 2. The lowest BCUT2D eigenvalue weighted by Gasteiger charge is -2.42. The van der Waals surface area contributed by atoms with E-state index in [1.165, 1.54) is 0 Å². The molecule has 0 bridgehead atoms. The molecule has 9 nitrogen and oxygen atoms in total. The van der Waals surface area contributed by atoms with Crippen LogP contribution in [0.1, 0.15) is 56.3 Å². The number of carbonyl (C=O) groups is 2. The third-order valence-electron chi connectivity index (χ3n) is 7.18. The van der Waals surface area contributed by atoms with Gasteiger partial charge in [-0.1, -0.05) is 30.3 Å². The zero-order valence-corrected chi connectivity index (χ0v) is 22.6. The number of β-amino-alcohol motifs (C(OH)–C–C–N with tert-alkyl or cyclic N) is 1. The molecule has 38 heavy (non-hydrogen) atoms. The van der Waals surface area contributed by atoms with Crippen molar-refractivity contribution in [2.24, 2.45) is 0 Å². The van der Waals surface area contributed by atoms with Crippen LogP contribution >= 0.6 is 0 Å².